The Morgan fingerprint density at radius 3 is 2.27 bits per heavy atom. The molecule has 0 bridgehead atoms. The fourth-order valence-electron chi connectivity index (χ4n) is 2.27. The van der Waals surface area contributed by atoms with E-state index in [0.29, 0.717) is 11.4 Å². The van der Waals surface area contributed by atoms with Crippen LogP contribution in [0.5, 0.6) is 0 Å². The van der Waals surface area contributed by atoms with Crippen LogP contribution in [0.1, 0.15) is 18.5 Å². The molecule has 26 heavy (non-hydrogen) atoms. The minimum absolute atomic E-state index is 0.00575. The second-order valence-electron chi connectivity index (χ2n) is 5.66. The number of amides is 3. The highest BCUT2D eigenvalue weighted by Crippen LogP contribution is 2.17. The molecule has 0 fully saturated rings. The average molecular weight is 369 g/mol. The molecule has 1 atom stereocenters. The number of carbonyl (C=O) groups is 2. The van der Waals surface area contributed by atoms with Crippen LogP contribution < -0.4 is 16.0 Å². The molecule has 0 saturated heterocycles. The third-order valence-electron chi connectivity index (χ3n) is 3.55. The summed E-state index contributed by atoms with van der Waals surface area (Å²) < 4.78 is 0. The van der Waals surface area contributed by atoms with Gasteiger partial charge in [-0.1, -0.05) is 36.4 Å². The quantitative estimate of drug-likeness (QED) is 0.476. The smallest absolute Gasteiger partial charge is 0.323 e. The first kappa shape index (κ1) is 19.6. The van der Waals surface area contributed by atoms with E-state index in [9.17, 15) is 9.59 Å². The number of hydrogen-bond donors (Lipinski definition) is 3. The van der Waals surface area contributed by atoms with Gasteiger partial charge in [0, 0.05) is 17.1 Å². The first-order valence-corrected chi connectivity index (χ1v) is 9.45. The maximum atomic E-state index is 12.0. The largest absolute Gasteiger partial charge is 0.349 e. The van der Waals surface area contributed by atoms with Crippen molar-refractivity contribution < 1.29 is 9.59 Å². The normalized spacial score (nSPS) is 11.3. The number of para-hydroxylation sites is 1. The summed E-state index contributed by atoms with van der Waals surface area (Å²) in [6.07, 6.45) is 1.78. The molecular weight excluding hydrogens is 346 g/mol. The lowest BCUT2D eigenvalue weighted by Gasteiger charge is -2.15. The van der Waals surface area contributed by atoms with E-state index in [2.05, 4.69) is 22.5 Å². The van der Waals surface area contributed by atoms with Gasteiger partial charge in [0.1, 0.15) is 0 Å². The summed E-state index contributed by atoms with van der Waals surface area (Å²) in [6.45, 7) is 5.56. The number of carbonyl (C=O) groups excluding carboxylic acids is 2. The summed E-state index contributed by atoms with van der Waals surface area (Å²) >= 11 is 1.52. The van der Waals surface area contributed by atoms with Crippen LogP contribution in [0.15, 0.2) is 67.3 Å². The third-order valence-corrected chi connectivity index (χ3v) is 4.48. The molecule has 0 aliphatic heterocycles. The van der Waals surface area contributed by atoms with Gasteiger partial charge in [-0.2, -0.15) is 0 Å². The van der Waals surface area contributed by atoms with Crippen molar-refractivity contribution in [2.24, 2.45) is 0 Å². The molecule has 5 nitrogen and oxygen atoms in total. The van der Waals surface area contributed by atoms with Crippen LogP contribution in [-0.2, 0) is 4.79 Å². The predicted octanol–water partition coefficient (Wildman–Crippen LogP) is 4.43. The molecule has 6 heteroatoms. The second-order valence-corrected chi connectivity index (χ2v) is 6.69. The molecule has 2 aromatic carbocycles. The van der Waals surface area contributed by atoms with Crippen LogP contribution in [0.25, 0.3) is 0 Å². The maximum absolute atomic E-state index is 12.0. The van der Waals surface area contributed by atoms with Gasteiger partial charge >= 0.3 is 6.03 Å². The number of urea groups is 1. The van der Waals surface area contributed by atoms with Gasteiger partial charge in [0.25, 0.3) is 0 Å². The highest BCUT2D eigenvalue weighted by atomic mass is 32.2. The van der Waals surface area contributed by atoms with Crippen molar-refractivity contribution in [1.29, 1.82) is 0 Å². The fourth-order valence-corrected chi connectivity index (χ4v) is 2.82. The van der Waals surface area contributed by atoms with Crippen LogP contribution >= 0.6 is 11.8 Å². The molecule has 3 amide bonds. The first-order valence-electron chi connectivity index (χ1n) is 8.29. The topological polar surface area (TPSA) is 70.2 Å². The molecule has 136 valence electrons. The standard InChI is InChI=1S/C20H23N3O2S/c1-3-13-26-14-19(24)21-15(2)16-9-11-18(12-10-16)23-20(25)22-17-7-5-4-6-8-17/h3-12,15H,1,13-14H2,2H3,(H,21,24)(H2,22,23,25)/t15-/m0/s1. The van der Waals surface area contributed by atoms with E-state index in [4.69, 9.17) is 0 Å². The molecule has 2 rings (SSSR count). The molecule has 0 radical (unpaired) electrons. The summed E-state index contributed by atoms with van der Waals surface area (Å²) in [4.78, 5) is 23.8. The van der Waals surface area contributed by atoms with E-state index >= 15 is 0 Å². The number of anilines is 2. The number of benzene rings is 2. The molecule has 0 aliphatic carbocycles. The summed E-state index contributed by atoms with van der Waals surface area (Å²) in [5, 5.41) is 8.50. The van der Waals surface area contributed by atoms with Gasteiger partial charge in [0.15, 0.2) is 0 Å². The van der Waals surface area contributed by atoms with E-state index in [1.165, 1.54) is 11.8 Å². The van der Waals surface area contributed by atoms with Crippen molar-refractivity contribution in [2.45, 2.75) is 13.0 Å². The van der Waals surface area contributed by atoms with Crippen molar-refractivity contribution in [3.05, 3.63) is 72.8 Å². The SMILES string of the molecule is C=CCSCC(=O)N[C@@H](C)c1ccc(NC(=O)Nc2ccccc2)cc1. The van der Waals surface area contributed by atoms with Gasteiger partial charge in [-0.25, -0.2) is 4.79 Å². The van der Waals surface area contributed by atoms with Crippen LogP contribution in [0.4, 0.5) is 16.2 Å². The molecule has 0 aliphatic rings. The average Bonchev–Trinajstić information content (AvgIpc) is 2.63. The molecule has 2 aromatic rings. The Morgan fingerprint density at radius 2 is 1.65 bits per heavy atom. The van der Waals surface area contributed by atoms with Gasteiger partial charge in [-0.15, -0.1) is 18.3 Å². The zero-order chi connectivity index (χ0) is 18.8. The predicted molar refractivity (Wildman–Crippen MR) is 110 cm³/mol. The minimum Gasteiger partial charge on any atom is -0.349 e. The van der Waals surface area contributed by atoms with Crippen molar-refractivity contribution in [3.8, 4) is 0 Å². The van der Waals surface area contributed by atoms with Gasteiger partial charge in [-0.3, -0.25) is 4.79 Å². The molecule has 0 spiro atoms. The van der Waals surface area contributed by atoms with E-state index < -0.39 is 0 Å². The van der Waals surface area contributed by atoms with Gasteiger partial charge < -0.3 is 16.0 Å². The van der Waals surface area contributed by atoms with Crippen LogP contribution in [0.3, 0.4) is 0 Å². The fraction of sp³-hybridized carbons (Fsp3) is 0.200. The number of hydrogen-bond acceptors (Lipinski definition) is 3. The molecular formula is C20H23N3O2S. The van der Waals surface area contributed by atoms with Crippen molar-refractivity contribution in [2.75, 3.05) is 22.1 Å². The summed E-state index contributed by atoms with van der Waals surface area (Å²) in [5.74, 6) is 1.16. The molecule has 0 aromatic heterocycles. The van der Waals surface area contributed by atoms with E-state index in [1.54, 1.807) is 6.08 Å². The molecule has 0 heterocycles. The monoisotopic (exact) mass is 369 g/mol. The van der Waals surface area contributed by atoms with Crippen molar-refractivity contribution >= 4 is 35.1 Å². The lowest BCUT2D eigenvalue weighted by atomic mass is 10.1. The van der Waals surface area contributed by atoms with Crippen LogP contribution in [0.2, 0.25) is 0 Å². The molecule has 0 unspecified atom stereocenters. The highest BCUT2D eigenvalue weighted by molar-refractivity contribution is 8.00. The van der Waals surface area contributed by atoms with E-state index in [-0.39, 0.29) is 18.0 Å². The maximum Gasteiger partial charge on any atom is 0.323 e. The molecule has 0 saturated carbocycles. The lowest BCUT2D eigenvalue weighted by Crippen LogP contribution is -2.28. The van der Waals surface area contributed by atoms with Crippen LogP contribution in [0, 0.1) is 0 Å². The van der Waals surface area contributed by atoms with E-state index in [0.717, 1.165) is 17.0 Å². The van der Waals surface area contributed by atoms with Crippen LogP contribution in [-0.4, -0.2) is 23.4 Å². The van der Waals surface area contributed by atoms with Gasteiger partial charge in [0.2, 0.25) is 5.91 Å². The number of thioether (sulfide) groups is 1. The Balaban J connectivity index is 1.84. The number of rotatable bonds is 8. The Morgan fingerprint density at radius 1 is 1.04 bits per heavy atom. The third kappa shape index (κ3) is 6.64. The Kier molecular flexibility index (Phi) is 7.76. The summed E-state index contributed by atoms with van der Waals surface area (Å²) in [5.41, 5.74) is 2.38. The van der Waals surface area contributed by atoms with Gasteiger partial charge in [-0.05, 0) is 36.8 Å². The Bertz CT molecular complexity index is 732. The Labute approximate surface area is 158 Å². The van der Waals surface area contributed by atoms with Crippen molar-refractivity contribution in [3.63, 3.8) is 0 Å². The molecule has 3 N–H and O–H groups in total. The van der Waals surface area contributed by atoms with Crippen molar-refractivity contribution in [1.82, 2.24) is 5.32 Å². The zero-order valence-electron chi connectivity index (χ0n) is 14.7. The zero-order valence-corrected chi connectivity index (χ0v) is 15.5. The minimum atomic E-state index is -0.301. The summed E-state index contributed by atoms with van der Waals surface area (Å²) in [6, 6.07) is 16.2. The summed E-state index contributed by atoms with van der Waals surface area (Å²) in [7, 11) is 0. The lowest BCUT2D eigenvalue weighted by molar-refractivity contribution is -0.119. The first-order chi connectivity index (χ1) is 12.6. The number of nitrogens with one attached hydrogen (secondary N) is 3. The van der Waals surface area contributed by atoms with Gasteiger partial charge in [0.05, 0.1) is 11.8 Å². The second kappa shape index (κ2) is 10.3. The van der Waals surface area contributed by atoms with E-state index in [1.807, 2.05) is 61.5 Å². The Hall–Kier alpha value is -2.73. The highest BCUT2D eigenvalue weighted by Gasteiger charge is 2.10.